The van der Waals surface area contributed by atoms with Crippen molar-refractivity contribution in [1.82, 2.24) is 0 Å². The molecular weight excluding hydrogens is 198 g/mol. The van der Waals surface area contributed by atoms with Crippen molar-refractivity contribution in [2.24, 2.45) is 0 Å². The Kier molecular flexibility index (Phi) is 8.61. The minimum absolute atomic E-state index is 0.285. The van der Waals surface area contributed by atoms with Crippen LogP contribution in [0.4, 0.5) is 0 Å². The molecule has 0 radical (unpaired) electrons. The molecule has 0 saturated heterocycles. The summed E-state index contributed by atoms with van der Waals surface area (Å²) >= 11 is 0. The van der Waals surface area contributed by atoms with E-state index in [-0.39, 0.29) is 8.15 Å². The normalized spacial score (nSPS) is 12.7. The van der Waals surface area contributed by atoms with Crippen LogP contribution in [-0.2, 0) is 4.57 Å². The lowest BCUT2D eigenvalue weighted by Gasteiger charge is -1.97. The summed E-state index contributed by atoms with van der Waals surface area (Å²) in [5.74, 6) is 0. The van der Waals surface area contributed by atoms with E-state index in [1.807, 2.05) is 0 Å². The Balaban J connectivity index is 3.60. The molecular formula is C10H18OP2. The van der Waals surface area contributed by atoms with E-state index in [1.165, 1.54) is 11.1 Å². The predicted octanol–water partition coefficient (Wildman–Crippen LogP) is 4.56. The van der Waals surface area contributed by atoms with Gasteiger partial charge >= 0.3 is 0 Å². The van der Waals surface area contributed by atoms with Crippen LogP contribution in [0.5, 0.6) is 0 Å². The van der Waals surface area contributed by atoms with Crippen LogP contribution in [0.1, 0.15) is 33.6 Å². The molecule has 0 aliphatic heterocycles. The Labute approximate surface area is 84.6 Å². The summed E-state index contributed by atoms with van der Waals surface area (Å²) in [5.41, 5.74) is 2.79. The number of allylic oxidation sites excluding steroid dienone is 4. The summed E-state index contributed by atoms with van der Waals surface area (Å²) in [5, 5.41) is 0. The fourth-order valence-corrected chi connectivity index (χ4v) is 1.96. The van der Waals surface area contributed by atoms with E-state index in [2.05, 4.69) is 32.9 Å². The molecule has 0 bridgehead atoms. The second-order valence-corrected chi connectivity index (χ2v) is 5.73. The van der Waals surface area contributed by atoms with Gasteiger partial charge in [0, 0.05) is 0 Å². The maximum Gasteiger partial charge on any atom is 0.178 e. The Bertz CT molecular complexity index is 203. The molecule has 0 amide bonds. The highest BCUT2D eigenvalue weighted by Gasteiger charge is 1.88. The van der Waals surface area contributed by atoms with Crippen LogP contribution in [-0.4, -0.2) is 6.16 Å². The average Bonchev–Trinajstić information content (AvgIpc) is 2.04. The standard InChI is InChI=1S/C10H18OP2/c1-9(2)5-4-6-10(3)7-8-12-13-11/h5,7,12H,4,6,8H2,1-3H3/b10-7+. The Hall–Kier alpha value is 0.01000. The summed E-state index contributed by atoms with van der Waals surface area (Å²) in [6, 6.07) is 0. The molecule has 0 aromatic rings. The first-order valence-electron chi connectivity index (χ1n) is 4.51. The van der Waals surface area contributed by atoms with Gasteiger partial charge in [0.2, 0.25) is 0 Å². The minimum Gasteiger partial charge on any atom is -0.270 e. The van der Waals surface area contributed by atoms with Crippen LogP contribution in [0.2, 0.25) is 0 Å². The van der Waals surface area contributed by atoms with Crippen molar-refractivity contribution in [3.8, 4) is 0 Å². The molecule has 1 unspecified atom stereocenters. The number of hydrogen-bond donors (Lipinski definition) is 0. The van der Waals surface area contributed by atoms with Gasteiger partial charge in [-0.1, -0.05) is 23.3 Å². The zero-order valence-electron chi connectivity index (χ0n) is 8.63. The van der Waals surface area contributed by atoms with Crippen molar-refractivity contribution in [2.75, 3.05) is 6.16 Å². The van der Waals surface area contributed by atoms with E-state index < -0.39 is 0 Å². The van der Waals surface area contributed by atoms with Crippen molar-refractivity contribution >= 4 is 16.4 Å². The number of rotatable bonds is 6. The zero-order valence-corrected chi connectivity index (χ0v) is 10.5. The van der Waals surface area contributed by atoms with Gasteiger partial charge in [0.25, 0.3) is 0 Å². The monoisotopic (exact) mass is 216 g/mol. The summed E-state index contributed by atoms with van der Waals surface area (Å²) in [6.45, 7) is 6.39. The largest absolute Gasteiger partial charge is 0.270 e. The van der Waals surface area contributed by atoms with Gasteiger partial charge in [-0.15, -0.1) is 0 Å². The van der Waals surface area contributed by atoms with Crippen molar-refractivity contribution in [3.05, 3.63) is 23.3 Å². The highest BCUT2D eigenvalue weighted by atomic mass is 32.0. The SMILES string of the molecule is CC(C)=CCC/C(C)=C/CPP=O. The fourth-order valence-electron chi connectivity index (χ4n) is 0.948. The molecule has 1 atom stereocenters. The second kappa shape index (κ2) is 8.60. The molecule has 0 rings (SSSR count). The summed E-state index contributed by atoms with van der Waals surface area (Å²) < 4.78 is 10.2. The van der Waals surface area contributed by atoms with E-state index in [9.17, 15) is 4.57 Å². The molecule has 13 heavy (non-hydrogen) atoms. The van der Waals surface area contributed by atoms with Gasteiger partial charge in [0.15, 0.2) is 8.15 Å². The van der Waals surface area contributed by atoms with Crippen LogP contribution in [0, 0.1) is 0 Å². The molecule has 0 aromatic carbocycles. The van der Waals surface area contributed by atoms with Crippen LogP contribution < -0.4 is 0 Å². The first-order valence-corrected chi connectivity index (χ1v) is 7.37. The molecule has 0 spiro atoms. The average molecular weight is 216 g/mol. The predicted molar refractivity (Wildman–Crippen MR) is 63.2 cm³/mol. The third-order valence-corrected chi connectivity index (χ3v) is 3.15. The van der Waals surface area contributed by atoms with E-state index >= 15 is 0 Å². The maximum atomic E-state index is 10.2. The lowest BCUT2D eigenvalue weighted by Crippen LogP contribution is -1.77. The molecule has 0 aliphatic carbocycles. The van der Waals surface area contributed by atoms with Gasteiger partial charge in [-0.05, 0) is 48.0 Å². The van der Waals surface area contributed by atoms with Crippen molar-refractivity contribution < 1.29 is 4.57 Å². The van der Waals surface area contributed by atoms with Crippen LogP contribution >= 0.6 is 16.4 Å². The molecule has 0 N–H and O–H groups in total. The molecule has 0 heterocycles. The lowest BCUT2D eigenvalue weighted by molar-refractivity contribution is 0.605. The summed E-state index contributed by atoms with van der Waals surface area (Å²) in [6.07, 6.45) is 7.67. The van der Waals surface area contributed by atoms with E-state index in [1.54, 1.807) is 0 Å². The van der Waals surface area contributed by atoms with Gasteiger partial charge in [-0.25, -0.2) is 0 Å². The zero-order chi connectivity index (χ0) is 10.1. The van der Waals surface area contributed by atoms with Crippen molar-refractivity contribution in [1.29, 1.82) is 0 Å². The quantitative estimate of drug-likeness (QED) is 0.361. The third-order valence-electron chi connectivity index (χ3n) is 1.70. The smallest absolute Gasteiger partial charge is 0.178 e. The summed E-state index contributed by atoms with van der Waals surface area (Å²) in [7, 11) is 0.818. The van der Waals surface area contributed by atoms with Gasteiger partial charge < -0.3 is 0 Å². The van der Waals surface area contributed by atoms with Crippen LogP contribution in [0.25, 0.3) is 0 Å². The molecule has 3 heteroatoms. The molecule has 0 saturated carbocycles. The van der Waals surface area contributed by atoms with E-state index in [0.717, 1.165) is 19.0 Å². The first-order chi connectivity index (χ1) is 6.16. The fraction of sp³-hybridized carbons (Fsp3) is 0.600. The van der Waals surface area contributed by atoms with Crippen LogP contribution in [0.3, 0.4) is 0 Å². The molecule has 1 nitrogen and oxygen atoms in total. The second-order valence-electron chi connectivity index (χ2n) is 3.32. The summed E-state index contributed by atoms with van der Waals surface area (Å²) in [4.78, 5) is 0. The number of hydrogen-bond acceptors (Lipinski definition) is 1. The van der Waals surface area contributed by atoms with Crippen molar-refractivity contribution in [3.63, 3.8) is 0 Å². The molecule has 0 aromatic heterocycles. The van der Waals surface area contributed by atoms with Crippen LogP contribution in [0.15, 0.2) is 23.3 Å². The Morgan fingerprint density at radius 3 is 2.54 bits per heavy atom. The van der Waals surface area contributed by atoms with Gasteiger partial charge in [-0.3, -0.25) is 4.57 Å². The molecule has 0 fully saturated rings. The lowest BCUT2D eigenvalue weighted by atomic mass is 10.1. The van der Waals surface area contributed by atoms with Gasteiger partial charge in [-0.2, -0.15) is 0 Å². The van der Waals surface area contributed by atoms with Crippen molar-refractivity contribution in [2.45, 2.75) is 33.6 Å². The van der Waals surface area contributed by atoms with Gasteiger partial charge in [0.1, 0.15) is 0 Å². The topological polar surface area (TPSA) is 17.1 Å². The Morgan fingerprint density at radius 2 is 2.00 bits per heavy atom. The molecule has 0 aliphatic rings. The highest BCUT2D eigenvalue weighted by Crippen LogP contribution is 2.26. The highest BCUT2D eigenvalue weighted by molar-refractivity contribution is 8.05. The van der Waals surface area contributed by atoms with E-state index in [0.29, 0.717) is 8.27 Å². The maximum absolute atomic E-state index is 10.2. The third kappa shape index (κ3) is 9.93. The van der Waals surface area contributed by atoms with Gasteiger partial charge in [0.05, 0.1) is 0 Å². The Morgan fingerprint density at radius 1 is 1.31 bits per heavy atom. The first kappa shape index (κ1) is 13.0. The molecule has 74 valence electrons. The minimum atomic E-state index is 0.285. The van der Waals surface area contributed by atoms with E-state index in [4.69, 9.17) is 0 Å².